The Morgan fingerprint density at radius 2 is 1.80 bits per heavy atom. The Morgan fingerprint density at radius 1 is 1.00 bits per heavy atom. The van der Waals surface area contributed by atoms with Crippen molar-refractivity contribution in [3.63, 3.8) is 0 Å². The van der Waals surface area contributed by atoms with E-state index in [2.05, 4.69) is 6.07 Å². The molecule has 0 atom stereocenters. The molecule has 1 nitrogen and oxygen atoms in total. The number of ketones is 1. The van der Waals surface area contributed by atoms with Gasteiger partial charge in [-0.15, -0.1) is 0 Å². The van der Waals surface area contributed by atoms with Crippen LogP contribution in [0, 0.1) is 0 Å². The zero-order chi connectivity index (χ0) is 9.54. The van der Waals surface area contributed by atoms with Crippen molar-refractivity contribution in [2.45, 2.75) is 0 Å². The molecule has 0 spiro atoms. The van der Waals surface area contributed by atoms with E-state index in [-0.39, 0.29) is 33.1 Å². The zero-order valence-electron chi connectivity index (χ0n) is 8.03. The predicted molar refractivity (Wildman–Crippen MR) is 62.3 cm³/mol. The van der Waals surface area contributed by atoms with E-state index in [0.717, 1.165) is 16.7 Å². The van der Waals surface area contributed by atoms with E-state index in [0.29, 0.717) is 0 Å². The van der Waals surface area contributed by atoms with E-state index in [9.17, 15) is 4.79 Å². The monoisotopic (exact) mass is 388 g/mol. The number of allylic oxidation sites excluding steroid dienone is 5. The van der Waals surface area contributed by atoms with Gasteiger partial charge in [-0.2, -0.15) is 0 Å². The largest absolute Gasteiger partial charge is 0.289 e. The normalized spacial score (nSPS) is 16.1. The second kappa shape index (κ2) is 3.89. The molecule has 0 saturated carbocycles. The van der Waals surface area contributed by atoms with Crippen molar-refractivity contribution >= 4 is 44.7 Å². The van der Waals surface area contributed by atoms with Crippen LogP contribution in [-0.2, 0) is 4.79 Å². The molecule has 4 radical (unpaired) electrons. The first-order valence-electron chi connectivity index (χ1n) is 4.60. The number of fused-ring (bicyclic) bond motifs is 3. The van der Waals surface area contributed by atoms with Gasteiger partial charge in [0, 0.05) is 32.9 Å². The fraction of sp³-hybridized carbons (Fsp3) is 0. The van der Waals surface area contributed by atoms with E-state index in [1.165, 1.54) is 5.56 Å². The molecule has 1 aromatic rings. The van der Waals surface area contributed by atoms with Gasteiger partial charge in [-0.3, -0.25) is 4.79 Å². The van der Waals surface area contributed by atoms with E-state index in [1.54, 1.807) is 6.08 Å². The number of carbonyl (C=O) groups excluding carboxylic acids is 1. The predicted octanol–water partition coefficient (Wildman–Crippen LogP) is 2.23. The van der Waals surface area contributed by atoms with Gasteiger partial charge in [0.15, 0.2) is 5.78 Å². The molecular weight excluding hydrogens is 379 g/mol. The summed E-state index contributed by atoms with van der Waals surface area (Å²) in [6, 6.07) is 8.08. The molecule has 15 heavy (non-hydrogen) atoms. The minimum Gasteiger partial charge on any atom is -0.289 e. The van der Waals surface area contributed by atoms with Crippen molar-refractivity contribution in [3.05, 3.63) is 59.2 Å². The van der Waals surface area contributed by atoms with Crippen LogP contribution in [0.15, 0.2) is 48.1 Å². The molecule has 2 aliphatic carbocycles. The van der Waals surface area contributed by atoms with Crippen LogP contribution < -0.4 is 0 Å². The number of carbonyl (C=O) groups is 1. The molecule has 0 unspecified atom stereocenters. The van der Waals surface area contributed by atoms with Gasteiger partial charge in [-0.25, -0.2) is 0 Å². The smallest absolute Gasteiger partial charge is 0.186 e. The van der Waals surface area contributed by atoms with Crippen LogP contribution in [-0.4, -0.2) is 33.1 Å². The van der Waals surface area contributed by atoms with Crippen LogP contribution in [0.1, 0.15) is 11.1 Å². The molecule has 0 fully saturated rings. The molecule has 2 heteroatoms. The SMILES string of the molecule is O=C1C=CC=C2C1=Cc1ccccc12.[Pb]. The van der Waals surface area contributed by atoms with Gasteiger partial charge in [0.25, 0.3) is 0 Å². The average Bonchev–Trinajstić information content (AvgIpc) is 2.59. The molecule has 0 aromatic heterocycles. The topological polar surface area (TPSA) is 17.1 Å². The molecule has 0 aliphatic heterocycles. The van der Waals surface area contributed by atoms with Gasteiger partial charge in [0.1, 0.15) is 0 Å². The Kier molecular flexibility index (Phi) is 2.73. The Balaban J connectivity index is 0.000000853. The third kappa shape index (κ3) is 1.55. The van der Waals surface area contributed by atoms with E-state index in [4.69, 9.17) is 0 Å². The average molecular weight is 387 g/mol. The molecule has 3 rings (SSSR count). The number of hydrogen-bond acceptors (Lipinski definition) is 1. The fourth-order valence-corrected chi connectivity index (χ4v) is 1.95. The third-order valence-electron chi connectivity index (χ3n) is 2.62. The fourth-order valence-electron chi connectivity index (χ4n) is 1.95. The van der Waals surface area contributed by atoms with Gasteiger partial charge < -0.3 is 0 Å². The summed E-state index contributed by atoms with van der Waals surface area (Å²) >= 11 is 0. The first-order valence-corrected chi connectivity index (χ1v) is 4.60. The van der Waals surface area contributed by atoms with E-state index >= 15 is 0 Å². The van der Waals surface area contributed by atoms with Crippen molar-refractivity contribution in [1.29, 1.82) is 0 Å². The first-order chi connectivity index (χ1) is 6.86. The Morgan fingerprint density at radius 3 is 2.67 bits per heavy atom. The number of benzene rings is 1. The second-order valence-electron chi connectivity index (χ2n) is 3.45. The molecule has 0 saturated heterocycles. The molecule has 70 valence electrons. The summed E-state index contributed by atoms with van der Waals surface area (Å²) in [6.45, 7) is 0. The van der Waals surface area contributed by atoms with Crippen molar-refractivity contribution in [1.82, 2.24) is 0 Å². The summed E-state index contributed by atoms with van der Waals surface area (Å²) in [4.78, 5) is 11.5. The summed E-state index contributed by atoms with van der Waals surface area (Å²) in [5.41, 5.74) is 4.20. The van der Waals surface area contributed by atoms with Crippen molar-refractivity contribution < 1.29 is 4.79 Å². The van der Waals surface area contributed by atoms with Crippen LogP contribution in [0.4, 0.5) is 0 Å². The van der Waals surface area contributed by atoms with Crippen molar-refractivity contribution in [2.24, 2.45) is 0 Å². The minimum atomic E-state index is 0. The van der Waals surface area contributed by atoms with Gasteiger partial charge >= 0.3 is 0 Å². The Hall–Kier alpha value is -0.968. The van der Waals surface area contributed by atoms with Crippen molar-refractivity contribution in [2.75, 3.05) is 0 Å². The second-order valence-corrected chi connectivity index (χ2v) is 3.45. The van der Waals surface area contributed by atoms with Gasteiger partial charge in [0.05, 0.1) is 0 Å². The maximum atomic E-state index is 11.5. The van der Waals surface area contributed by atoms with Crippen molar-refractivity contribution in [3.8, 4) is 0 Å². The quantitative estimate of drug-likeness (QED) is 0.624. The van der Waals surface area contributed by atoms with E-state index in [1.807, 2.05) is 36.4 Å². The number of hydrogen-bond donors (Lipinski definition) is 0. The molecular formula is C13H8OPb. The third-order valence-corrected chi connectivity index (χ3v) is 2.62. The molecule has 0 amide bonds. The minimum absolute atomic E-state index is 0. The maximum Gasteiger partial charge on any atom is 0.186 e. The van der Waals surface area contributed by atoms with Crippen LogP contribution >= 0.6 is 0 Å². The summed E-state index contributed by atoms with van der Waals surface area (Å²) < 4.78 is 0. The molecule has 2 aliphatic rings. The summed E-state index contributed by atoms with van der Waals surface area (Å²) in [5.74, 6) is 0.110. The van der Waals surface area contributed by atoms with E-state index < -0.39 is 0 Å². The van der Waals surface area contributed by atoms with Crippen LogP contribution in [0.2, 0.25) is 0 Å². The standard InChI is InChI=1S/C13H8O.Pb/c14-13-7-3-6-11-10-5-2-1-4-9(10)8-12(11)13;/h1-8H;. The molecule has 1 aromatic carbocycles. The summed E-state index contributed by atoms with van der Waals surface area (Å²) in [7, 11) is 0. The van der Waals surface area contributed by atoms with Gasteiger partial charge in [-0.1, -0.05) is 36.4 Å². The van der Waals surface area contributed by atoms with Crippen LogP contribution in [0.5, 0.6) is 0 Å². The molecule has 0 N–H and O–H groups in total. The van der Waals surface area contributed by atoms with Gasteiger partial charge in [-0.05, 0) is 28.9 Å². The number of rotatable bonds is 0. The Bertz CT molecular complexity index is 521. The maximum absolute atomic E-state index is 11.5. The molecule has 0 bridgehead atoms. The summed E-state index contributed by atoms with van der Waals surface area (Å²) in [6.07, 6.45) is 7.39. The zero-order valence-corrected chi connectivity index (χ0v) is 11.9. The molecule has 0 heterocycles. The van der Waals surface area contributed by atoms with Crippen LogP contribution in [0.3, 0.4) is 0 Å². The first kappa shape index (κ1) is 10.5. The Labute approximate surface area is 108 Å². The summed E-state index contributed by atoms with van der Waals surface area (Å²) in [5, 5.41) is 0. The van der Waals surface area contributed by atoms with Gasteiger partial charge in [0.2, 0.25) is 0 Å². The van der Waals surface area contributed by atoms with Crippen LogP contribution in [0.25, 0.3) is 11.6 Å².